The van der Waals surface area contributed by atoms with Crippen LogP contribution in [0, 0.1) is 19.7 Å². The van der Waals surface area contributed by atoms with Gasteiger partial charge in [-0.1, -0.05) is 23.5 Å². The highest BCUT2D eigenvalue weighted by Crippen LogP contribution is 2.17. The van der Waals surface area contributed by atoms with E-state index in [-0.39, 0.29) is 18.1 Å². The highest BCUT2D eigenvalue weighted by Gasteiger charge is 2.13. The monoisotopic (exact) mass is 318 g/mol. The number of carbonyl (C=O) groups excluding carboxylic acids is 1. The van der Waals surface area contributed by atoms with Crippen molar-refractivity contribution in [1.29, 1.82) is 0 Å². The zero-order valence-corrected chi connectivity index (χ0v) is 13.1. The molecular formula is C15H15FN4OS. The van der Waals surface area contributed by atoms with Gasteiger partial charge in [-0.15, -0.1) is 0 Å². The number of nitrogens with one attached hydrogen (secondary N) is 1. The van der Waals surface area contributed by atoms with Crippen LogP contribution in [0.4, 0.5) is 4.39 Å². The molecule has 0 aliphatic rings. The van der Waals surface area contributed by atoms with Crippen LogP contribution >= 0.6 is 11.3 Å². The first-order chi connectivity index (χ1) is 10.5. The van der Waals surface area contributed by atoms with Gasteiger partial charge in [0.05, 0.1) is 24.4 Å². The fourth-order valence-corrected chi connectivity index (χ4v) is 3.07. The number of nitrogens with zero attached hydrogens (tertiary/aromatic N) is 3. The lowest BCUT2D eigenvalue weighted by Crippen LogP contribution is -2.25. The molecule has 0 saturated carbocycles. The summed E-state index contributed by atoms with van der Waals surface area (Å²) in [6.45, 7) is 4.16. The Bertz CT molecular complexity index is 839. The Hall–Kier alpha value is -2.28. The maximum atomic E-state index is 13.1. The van der Waals surface area contributed by atoms with Gasteiger partial charge in [0.2, 0.25) is 10.9 Å². The Labute approximate surface area is 130 Å². The molecule has 1 N–H and O–H groups in total. The van der Waals surface area contributed by atoms with Crippen molar-refractivity contribution in [1.82, 2.24) is 19.9 Å². The summed E-state index contributed by atoms with van der Waals surface area (Å²) in [5.74, 6) is -0.497. The molecule has 114 valence electrons. The number of aryl methyl sites for hydroxylation is 2. The zero-order valence-electron chi connectivity index (χ0n) is 12.3. The molecule has 7 heteroatoms. The van der Waals surface area contributed by atoms with E-state index in [1.54, 1.807) is 16.6 Å². The average molecular weight is 318 g/mol. The molecule has 1 aromatic carbocycles. The topological polar surface area (TPSA) is 59.3 Å². The van der Waals surface area contributed by atoms with Gasteiger partial charge in [-0.3, -0.25) is 4.79 Å². The number of aromatic nitrogens is 3. The molecule has 3 aromatic rings. The van der Waals surface area contributed by atoms with Crippen LogP contribution in [0.1, 0.15) is 22.0 Å². The largest absolute Gasteiger partial charge is 0.350 e. The van der Waals surface area contributed by atoms with E-state index in [0.29, 0.717) is 12.1 Å². The Morgan fingerprint density at radius 3 is 3.00 bits per heavy atom. The number of carbonyl (C=O) groups is 1. The third-order valence-electron chi connectivity index (χ3n) is 3.30. The van der Waals surface area contributed by atoms with Crippen molar-refractivity contribution < 1.29 is 9.18 Å². The third-order valence-corrected chi connectivity index (χ3v) is 4.13. The summed E-state index contributed by atoms with van der Waals surface area (Å²) in [5.41, 5.74) is 2.37. The summed E-state index contributed by atoms with van der Waals surface area (Å²) in [7, 11) is 0. The Morgan fingerprint density at radius 2 is 2.23 bits per heavy atom. The van der Waals surface area contributed by atoms with Crippen LogP contribution in [0.15, 0.2) is 24.3 Å². The van der Waals surface area contributed by atoms with E-state index in [2.05, 4.69) is 15.4 Å². The van der Waals surface area contributed by atoms with E-state index in [1.807, 2.05) is 13.8 Å². The molecule has 0 fully saturated rings. The summed E-state index contributed by atoms with van der Waals surface area (Å²) in [5, 5.41) is 8.14. The quantitative estimate of drug-likeness (QED) is 0.803. The summed E-state index contributed by atoms with van der Waals surface area (Å²) >= 11 is 1.51. The fraction of sp³-hybridized carbons (Fsp3) is 0.267. The smallest absolute Gasteiger partial charge is 0.224 e. The number of fused-ring (bicyclic) bond motifs is 1. The van der Waals surface area contributed by atoms with Crippen LogP contribution in [0.5, 0.6) is 0 Å². The Balaban J connectivity index is 1.68. The van der Waals surface area contributed by atoms with Gasteiger partial charge < -0.3 is 5.32 Å². The first-order valence-electron chi connectivity index (χ1n) is 6.85. The van der Waals surface area contributed by atoms with Crippen molar-refractivity contribution in [2.75, 3.05) is 0 Å². The number of benzene rings is 1. The van der Waals surface area contributed by atoms with Crippen molar-refractivity contribution >= 4 is 22.2 Å². The van der Waals surface area contributed by atoms with Crippen LogP contribution in [0.25, 0.3) is 4.96 Å². The molecule has 5 nitrogen and oxygen atoms in total. The molecule has 0 unspecified atom stereocenters. The van der Waals surface area contributed by atoms with Gasteiger partial charge in [0.15, 0.2) is 0 Å². The average Bonchev–Trinajstić information content (AvgIpc) is 2.92. The van der Waals surface area contributed by atoms with Gasteiger partial charge in [0, 0.05) is 0 Å². The highest BCUT2D eigenvalue weighted by molar-refractivity contribution is 7.16. The second-order valence-corrected chi connectivity index (χ2v) is 6.20. The molecule has 2 heterocycles. The number of hydrogen-bond acceptors (Lipinski definition) is 4. The van der Waals surface area contributed by atoms with Gasteiger partial charge in [-0.25, -0.2) is 13.9 Å². The van der Waals surface area contributed by atoms with Crippen molar-refractivity contribution in [2.45, 2.75) is 26.8 Å². The first-order valence-corrected chi connectivity index (χ1v) is 7.67. The van der Waals surface area contributed by atoms with Crippen LogP contribution in [-0.4, -0.2) is 20.5 Å². The van der Waals surface area contributed by atoms with Gasteiger partial charge in [-0.2, -0.15) is 5.10 Å². The summed E-state index contributed by atoms with van der Waals surface area (Å²) in [6.07, 6.45) is 0.148. The van der Waals surface area contributed by atoms with Gasteiger partial charge in [0.25, 0.3) is 0 Å². The van der Waals surface area contributed by atoms with Gasteiger partial charge in [-0.05, 0) is 31.5 Å². The number of hydrogen-bond donors (Lipinski definition) is 1. The van der Waals surface area contributed by atoms with Gasteiger partial charge >= 0.3 is 0 Å². The fourth-order valence-electron chi connectivity index (χ4n) is 2.27. The number of halogens is 1. The molecule has 22 heavy (non-hydrogen) atoms. The summed E-state index contributed by atoms with van der Waals surface area (Å²) in [6, 6.07) is 6.05. The van der Waals surface area contributed by atoms with E-state index >= 15 is 0 Å². The number of amides is 1. The number of rotatable bonds is 4. The van der Waals surface area contributed by atoms with E-state index in [9.17, 15) is 9.18 Å². The first kappa shape index (κ1) is 14.6. The lowest BCUT2D eigenvalue weighted by atomic mass is 10.1. The lowest BCUT2D eigenvalue weighted by Gasteiger charge is -2.05. The minimum Gasteiger partial charge on any atom is -0.350 e. The van der Waals surface area contributed by atoms with Crippen LogP contribution in [-0.2, 0) is 17.8 Å². The molecule has 0 saturated heterocycles. The predicted molar refractivity (Wildman–Crippen MR) is 82.3 cm³/mol. The molecule has 0 spiro atoms. The second kappa shape index (κ2) is 5.84. The second-order valence-electron chi connectivity index (χ2n) is 5.04. The predicted octanol–water partition coefficient (Wildman–Crippen LogP) is 2.41. The lowest BCUT2D eigenvalue weighted by molar-refractivity contribution is -0.120. The Kier molecular flexibility index (Phi) is 3.89. The van der Waals surface area contributed by atoms with Crippen LogP contribution in [0.2, 0.25) is 0 Å². The SMILES string of the molecule is Cc1nn2c(CNC(=O)Cc3cccc(F)c3)c(C)nc2s1. The standard InChI is InChI=1S/C15H15FN4OS/c1-9-13(20-15(18-9)22-10(2)19-20)8-17-14(21)7-11-4-3-5-12(16)6-11/h3-6H,7-8H2,1-2H3,(H,17,21). The molecule has 0 atom stereocenters. The summed E-state index contributed by atoms with van der Waals surface area (Å²) in [4.78, 5) is 17.2. The maximum Gasteiger partial charge on any atom is 0.224 e. The van der Waals surface area contributed by atoms with Crippen molar-refractivity contribution in [3.63, 3.8) is 0 Å². The third kappa shape index (κ3) is 2.99. The van der Waals surface area contributed by atoms with E-state index in [4.69, 9.17) is 0 Å². The van der Waals surface area contributed by atoms with Crippen molar-refractivity contribution in [3.05, 3.63) is 52.0 Å². The molecule has 0 aliphatic heterocycles. The molecule has 0 aliphatic carbocycles. The summed E-state index contributed by atoms with van der Waals surface area (Å²) < 4.78 is 14.9. The molecule has 2 aromatic heterocycles. The van der Waals surface area contributed by atoms with Crippen LogP contribution < -0.4 is 5.32 Å². The Morgan fingerprint density at radius 1 is 1.41 bits per heavy atom. The molecule has 0 radical (unpaired) electrons. The van der Waals surface area contributed by atoms with E-state index < -0.39 is 0 Å². The molecule has 0 bridgehead atoms. The zero-order chi connectivity index (χ0) is 15.7. The highest BCUT2D eigenvalue weighted by atomic mass is 32.1. The number of imidazole rings is 1. The molecular weight excluding hydrogens is 303 g/mol. The minimum atomic E-state index is -0.336. The molecule has 1 amide bonds. The van der Waals surface area contributed by atoms with E-state index in [0.717, 1.165) is 21.4 Å². The van der Waals surface area contributed by atoms with Gasteiger partial charge in [0.1, 0.15) is 10.8 Å². The minimum absolute atomic E-state index is 0.148. The maximum absolute atomic E-state index is 13.1. The normalized spacial score (nSPS) is 11.0. The van der Waals surface area contributed by atoms with E-state index in [1.165, 1.54) is 23.5 Å². The van der Waals surface area contributed by atoms with Crippen molar-refractivity contribution in [2.24, 2.45) is 0 Å². The van der Waals surface area contributed by atoms with Crippen LogP contribution in [0.3, 0.4) is 0 Å². The molecule has 3 rings (SSSR count). The van der Waals surface area contributed by atoms with Crippen molar-refractivity contribution in [3.8, 4) is 0 Å².